The summed E-state index contributed by atoms with van der Waals surface area (Å²) >= 11 is 0. The first-order chi connectivity index (χ1) is 71.6. The Hall–Kier alpha value is -18.1. The minimum atomic E-state index is -0.416. The summed E-state index contributed by atoms with van der Waals surface area (Å²) in [4.78, 5) is 6.31. The average molecular weight is 1810 g/mol. The SMILES string of the molecule is Fc1ccc(N(c2ccc(-c3ccc4cccc(-c5ccccc5)c4c3)cc2)c2ccc(-c3ccc4cccc(-c5ccccc5)c4c3)cc2)cc1.[2H]c1c([2H])c([2H])c(N(c2ccc(-c3ccc4cccc(-c5ccccc5)c4c3)cc2)c2ccc(-c3c(C)cc(C)cc3C)cc2)c([2H])c1[2H].c1ccc(-c2cccc3ccc(-c4ccc(N(c5ccccc5)c5ccc(-c6ccccc6)c6ccccc56)cc4)cc23)cc1. The van der Waals surface area contributed by atoms with Gasteiger partial charge in [0.25, 0.3) is 0 Å². The van der Waals surface area contributed by atoms with Crippen molar-refractivity contribution in [1.29, 1.82) is 0 Å². The second kappa shape index (κ2) is 40.1. The van der Waals surface area contributed by atoms with Crippen LogP contribution in [-0.4, -0.2) is 0 Å². The predicted molar refractivity (Wildman–Crippen MR) is 599 cm³/mol. The van der Waals surface area contributed by atoms with Crippen LogP contribution < -0.4 is 14.7 Å². The van der Waals surface area contributed by atoms with E-state index in [-0.39, 0.29) is 35.7 Å². The standard InChI is InChI=1S/C50H34FN.C44H31N.C43H35N/c51-43-25-31-46(32-26-43)52(44-27-21-35(22-28-44)41-19-17-39-13-7-15-47(49(39)33-41)37-9-3-1-4-10-37)45-29-23-36(24-30-45)42-20-18-40-14-8-16-48(50(40)34-42)38-11-5-2-6-12-38;1-4-13-33(14-5-1)39-22-12-17-35-23-24-36(31-43(35)39)32-25-27-38(28-26-32)45(37-18-8-3-9-19-37)44-30-29-40(34-15-6-2-7-16-34)41-20-10-11-21-42(41)44;1-30-27-31(2)43(32(3)28-30)36-21-25-40(26-22-36)44(38-14-8-5-9-15-38)39-23-19-33(20-24-39)37-18-17-35-13-10-16-41(42(35)29-37)34-11-6-4-7-12-34/h1-34H;1-31H;4-29H,1-3H3/i;;5D,8D,9D,14D,15D. The molecule has 0 spiro atoms. The molecule has 0 heterocycles. The molecule has 0 aliphatic carbocycles. The fourth-order valence-electron chi connectivity index (χ4n) is 20.1. The number of fused-ring (bicyclic) bond motifs is 5. The number of nitrogens with zero attached hydrogens (tertiary/aromatic N) is 3. The Bertz CT molecular complexity index is 8670. The van der Waals surface area contributed by atoms with Gasteiger partial charge in [0.2, 0.25) is 0 Å². The Morgan fingerprint density at radius 1 is 0.177 bits per heavy atom. The van der Waals surface area contributed by atoms with E-state index in [0.29, 0.717) is 11.4 Å². The van der Waals surface area contributed by atoms with Crippen molar-refractivity contribution >= 4 is 105 Å². The van der Waals surface area contributed by atoms with Crippen molar-refractivity contribution in [3.05, 3.63) is 574 Å². The zero-order chi connectivity index (χ0) is 99.3. The molecule has 24 aromatic carbocycles. The molecule has 670 valence electrons. The number of anilines is 9. The zero-order valence-electron chi connectivity index (χ0n) is 83.4. The fourth-order valence-corrected chi connectivity index (χ4v) is 20.1. The van der Waals surface area contributed by atoms with E-state index in [1.165, 1.54) is 139 Å². The number of halogens is 1. The van der Waals surface area contributed by atoms with Gasteiger partial charge in [0.05, 0.1) is 12.5 Å². The van der Waals surface area contributed by atoms with Crippen LogP contribution in [0.3, 0.4) is 0 Å². The van der Waals surface area contributed by atoms with E-state index < -0.39 is 6.04 Å². The van der Waals surface area contributed by atoms with Crippen molar-refractivity contribution in [2.45, 2.75) is 20.8 Å². The molecule has 0 fully saturated rings. The van der Waals surface area contributed by atoms with E-state index in [9.17, 15) is 4.39 Å². The number of benzene rings is 24. The maximum absolute atomic E-state index is 14.1. The second-order valence-electron chi connectivity index (χ2n) is 35.8. The number of para-hydroxylation sites is 2. The molecule has 24 rings (SSSR count). The summed E-state index contributed by atoms with van der Waals surface area (Å²) < 4.78 is 56.9. The van der Waals surface area contributed by atoms with E-state index in [2.05, 4.69) is 473 Å². The maximum Gasteiger partial charge on any atom is 0.123 e. The van der Waals surface area contributed by atoms with Gasteiger partial charge in [-0.25, -0.2) is 4.39 Å². The lowest BCUT2D eigenvalue weighted by molar-refractivity contribution is 0.628. The Kier molecular flexibility index (Phi) is 23.4. The average Bonchev–Trinajstić information content (AvgIpc) is 0.761. The molecule has 24 aromatic rings. The second-order valence-corrected chi connectivity index (χ2v) is 35.8. The highest BCUT2D eigenvalue weighted by Gasteiger charge is 2.22. The molecule has 0 saturated carbocycles. The van der Waals surface area contributed by atoms with Gasteiger partial charge >= 0.3 is 0 Å². The van der Waals surface area contributed by atoms with Crippen LogP contribution in [0.15, 0.2) is 552 Å². The first-order valence-corrected chi connectivity index (χ1v) is 47.9. The number of hydrogen-bond donors (Lipinski definition) is 0. The van der Waals surface area contributed by atoms with Gasteiger partial charge in [-0.1, -0.05) is 418 Å². The highest BCUT2D eigenvalue weighted by atomic mass is 19.1. The van der Waals surface area contributed by atoms with Gasteiger partial charge in [-0.2, -0.15) is 0 Å². The van der Waals surface area contributed by atoms with Gasteiger partial charge in [0.15, 0.2) is 0 Å². The summed E-state index contributed by atoms with van der Waals surface area (Å²) in [5.41, 5.74) is 34.8. The van der Waals surface area contributed by atoms with Crippen LogP contribution in [0.1, 0.15) is 23.5 Å². The molecule has 0 amide bonds. The fraction of sp³-hybridized carbons (Fsp3) is 0.0219. The molecule has 0 aromatic heterocycles. The monoisotopic (exact) mass is 1810 g/mol. The lowest BCUT2D eigenvalue weighted by Crippen LogP contribution is -2.10. The van der Waals surface area contributed by atoms with Gasteiger partial charge in [-0.15, -0.1) is 0 Å². The molecule has 4 heteroatoms. The Morgan fingerprint density at radius 2 is 0.440 bits per heavy atom. The summed E-state index contributed by atoms with van der Waals surface area (Å²) in [5, 5.41) is 12.2. The largest absolute Gasteiger partial charge is 0.311 e. The molecule has 141 heavy (non-hydrogen) atoms. The Labute approximate surface area is 831 Å². The van der Waals surface area contributed by atoms with Crippen LogP contribution in [0.2, 0.25) is 0 Å². The third-order valence-corrected chi connectivity index (χ3v) is 26.8. The van der Waals surface area contributed by atoms with E-state index in [1.54, 1.807) is 4.90 Å². The zero-order valence-corrected chi connectivity index (χ0v) is 78.4. The summed E-state index contributed by atoms with van der Waals surface area (Å²) in [7, 11) is 0. The van der Waals surface area contributed by atoms with Gasteiger partial charge < -0.3 is 14.7 Å². The molecule has 0 saturated heterocycles. The van der Waals surface area contributed by atoms with Crippen molar-refractivity contribution in [3.8, 4) is 111 Å². The number of hydrogen-bond acceptors (Lipinski definition) is 3. The van der Waals surface area contributed by atoms with Crippen molar-refractivity contribution in [2.75, 3.05) is 14.7 Å². The number of aryl methyl sites for hydroxylation is 3. The molecular weight excluding hydrogens is 1710 g/mol. The lowest BCUT2D eigenvalue weighted by atomic mass is 9.93. The van der Waals surface area contributed by atoms with Crippen LogP contribution in [-0.2, 0) is 0 Å². The predicted octanol–water partition coefficient (Wildman–Crippen LogP) is 39.0. The van der Waals surface area contributed by atoms with Crippen LogP contribution >= 0.6 is 0 Å². The Morgan fingerprint density at radius 3 is 0.773 bits per heavy atom. The van der Waals surface area contributed by atoms with Gasteiger partial charge in [0, 0.05) is 50.9 Å². The summed E-state index contributed by atoms with van der Waals surface area (Å²) in [6.07, 6.45) is 0. The lowest BCUT2D eigenvalue weighted by Gasteiger charge is -2.27. The van der Waals surface area contributed by atoms with Crippen LogP contribution in [0.5, 0.6) is 0 Å². The van der Waals surface area contributed by atoms with Crippen molar-refractivity contribution in [1.82, 2.24) is 0 Å². The number of rotatable bonds is 19. The first-order valence-electron chi connectivity index (χ1n) is 50.4. The minimum Gasteiger partial charge on any atom is -0.311 e. The minimum absolute atomic E-state index is 0.104. The Balaban J connectivity index is 0.000000125. The molecule has 0 aliphatic heterocycles. The molecule has 0 aliphatic rings. The summed E-state index contributed by atoms with van der Waals surface area (Å²) in [6, 6.07) is 181. The molecule has 0 unspecified atom stereocenters. The van der Waals surface area contributed by atoms with Crippen LogP contribution in [0.4, 0.5) is 55.6 Å². The third kappa shape index (κ3) is 18.7. The quantitative estimate of drug-likeness (QED) is 0.0799. The summed E-state index contributed by atoms with van der Waals surface area (Å²) in [6.45, 7) is 6.32. The molecule has 0 radical (unpaired) electrons. The topological polar surface area (TPSA) is 9.72 Å². The molecule has 3 nitrogen and oxygen atoms in total. The first kappa shape index (κ1) is 82.4. The van der Waals surface area contributed by atoms with Gasteiger partial charge in [0.1, 0.15) is 5.82 Å². The van der Waals surface area contributed by atoms with Crippen LogP contribution in [0, 0.1) is 26.6 Å². The van der Waals surface area contributed by atoms with Crippen molar-refractivity contribution in [2.24, 2.45) is 0 Å². The highest BCUT2D eigenvalue weighted by molar-refractivity contribution is 6.08. The summed E-state index contributed by atoms with van der Waals surface area (Å²) in [5.74, 6) is -0.258. The normalized spacial score (nSPS) is 11.6. The molecule has 0 N–H and O–H groups in total. The van der Waals surface area contributed by atoms with Crippen molar-refractivity contribution < 1.29 is 11.2 Å². The maximum atomic E-state index is 14.1. The molecule has 0 bridgehead atoms. The van der Waals surface area contributed by atoms with Crippen LogP contribution in [0.25, 0.3) is 165 Å². The smallest absolute Gasteiger partial charge is 0.123 e. The highest BCUT2D eigenvalue weighted by Crippen LogP contribution is 2.47. The van der Waals surface area contributed by atoms with Gasteiger partial charge in [-0.05, 0) is 331 Å². The molecule has 0 atom stereocenters. The van der Waals surface area contributed by atoms with E-state index >= 15 is 0 Å². The van der Waals surface area contributed by atoms with Gasteiger partial charge in [-0.3, -0.25) is 0 Å². The third-order valence-electron chi connectivity index (χ3n) is 26.8. The van der Waals surface area contributed by atoms with Crippen molar-refractivity contribution in [3.63, 3.8) is 0 Å². The van der Waals surface area contributed by atoms with E-state index in [1.807, 2.05) is 66.7 Å². The molecular formula is C137H100FN3. The van der Waals surface area contributed by atoms with E-state index in [0.717, 1.165) is 89.4 Å². The van der Waals surface area contributed by atoms with E-state index in [4.69, 9.17) is 6.85 Å².